The summed E-state index contributed by atoms with van der Waals surface area (Å²) >= 11 is 1.72. The van der Waals surface area contributed by atoms with Crippen molar-refractivity contribution in [1.82, 2.24) is 15.1 Å². The Morgan fingerprint density at radius 1 is 1.02 bits per heavy atom. The zero-order chi connectivity index (χ0) is 28.6. The Morgan fingerprint density at radius 3 is 2.46 bits per heavy atom. The van der Waals surface area contributed by atoms with Crippen molar-refractivity contribution in [2.24, 2.45) is 0 Å². The van der Waals surface area contributed by atoms with Crippen LogP contribution in [-0.2, 0) is 16.0 Å². The molecule has 7 nitrogen and oxygen atoms in total. The fourth-order valence-corrected chi connectivity index (χ4v) is 7.60. The second-order valence-electron chi connectivity index (χ2n) is 11.3. The maximum Gasteiger partial charge on any atom is 0.261 e. The van der Waals surface area contributed by atoms with Gasteiger partial charge in [0.15, 0.2) is 0 Å². The van der Waals surface area contributed by atoms with Gasteiger partial charge in [-0.05, 0) is 73.7 Å². The van der Waals surface area contributed by atoms with Crippen LogP contribution in [0.25, 0.3) is 6.08 Å². The van der Waals surface area contributed by atoms with Crippen LogP contribution in [-0.4, -0.2) is 85.8 Å². The Morgan fingerprint density at radius 2 is 1.76 bits per heavy atom. The number of ether oxygens (including phenoxy) is 1. The van der Waals surface area contributed by atoms with Gasteiger partial charge in [0.05, 0.1) is 12.0 Å². The number of rotatable bonds is 10. The van der Waals surface area contributed by atoms with Gasteiger partial charge in [-0.25, -0.2) is 0 Å². The summed E-state index contributed by atoms with van der Waals surface area (Å²) in [4.78, 5) is 34.1. The van der Waals surface area contributed by atoms with E-state index < -0.39 is 0 Å². The lowest BCUT2D eigenvalue weighted by molar-refractivity contribution is -0.135. The number of thioether (sulfide) groups is 1. The maximum atomic E-state index is 13.6. The molecule has 0 aromatic heterocycles. The van der Waals surface area contributed by atoms with Crippen LogP contribution in [0, 0.1) is 0 Å². The number of hydrogen-bond acceptors (Lipinski definition) is 6. The van der Waals surface area contributed by atoms with E-state index in [4.69, 9.17) is 4.74 Å². The van der Waals surface area contributed by atoms with Gasteiger partial charge < -0.3 is 19.9 Å². The molecule has 2 amide bonds. The first-order chi connectivity index (χ1) is 20.0. The van der Waals surface area contributed by atoms with Crippen LogP contribution in [0.5, 0.6) is 5.75 Å². The van der Waals surface area contributed by atoms with Gasteiger partial charge in [0.25, 0.3) is 5.91 Å². The molecular formula is C33H44N4O3S. The summed E-state index contributed by atoms with van der Waals surface area (Å²) in [7, 11) is 1.69. The minimum Gasteiger partial charge on any atom is -0.497 e. The van der Waals surface area contributed by atoms with Crippen molar-refractivity contribution in [2.45, 2.75) is 56.7 Å². The number of fused-ring (bicyclic) bond motifs is 1. The topological polar surface area (TPSA) is 65.1 Å². The fraction of sp³-hybridized carbons (Fsp3) is 0.515. The van der Waals surface area contributed by atoms with E-state index in [1.54, 1.807) is 18.9 Å². The Balaban J connectivity index is 1.09. The highest BCUT2D eigenvalue weighted by atomic mass is 32.2. The van der Waals surface area contributed by atoms with Crippen molar-refractivity contribution in [3.8, 4) is 5.75 Å². The average Bonchev–Trinajstić information content (AvgIpc) is 3.02. The highest BCUT2D eigenvalue weighted by molar-refractivity contribution is 8.04. The zero-order valence-corrected chi connectivity index (χ0v) is 25.3. The van der Waals surface area contributed by atoms with Gasteiger partial charge in [0, 0.05) is 49.7 Å². The molecule has 3 aliphatic rings. The molecule has 2 aromatic carbocycles. The van der Waals surface area contributed by atoms with E-state index in [-0.39, 0.29) is 24.4 Å². The van der Waals surface area contributed by atoms with Gasteiger partial charge in [0.2, 0.25) is 5.91 Å². The van der Waals surface area contributed by atoms with E-state index in [1.807, 2.05) is 23.1 Å². The molecule has 2 unspecified atom stereocenters. The summed E-state index contributed by atoms with van der Waals surface area (Å²) < 4.78 is 5.27. The molecule has 2 aromatic rings. The van der Waals surface area contributed by atoms with Gasteiger partial charge in [-0.2, -0.15) is 0 Å². The molecule has 8 heteroatoms. The van der Waals surface area contributed by atoms with E-state index in [9.17, 15) is 9.59 Å². The molecule has 5 rings (SSSR count). The highest BCUT2D eigenvalue weighted by Crippen LogP contribution is 2.42. The first-order valence-electron chi connectivity index (χ1n) is 15.2. The molecule has 1 N–H and O–H groups in total. The van der Waals surface area contributed by atoms with Crippen molar-refractivity contribution in [2.75, 3.05) is 57.8 Å². The number of carbonyl (C=O) groups excluding carboxylic acids is 2. The number of methoxy groups -OCH3 is 1. The molecule has 2 aliphatic heterocycles. The summed E-state index contributed by atoms with van der Waals surface area (Å²) in [5.74, 6) is 0.833. The van der Waals surface area contributed by atoms with Crippen LogP contribution in [0.15, 0.2) is 53.4 Å². The monoisotopic (exact) mass is 576 g/mol. The normalized spacial score (nSPS) is 22.5. The van der Waals surface area contributed by atoms with Crippen LogP contribution in [0.3, 0.4) is 0 Å². The molecule has 41 heavy (non-hydrogen) atoms. The molecule has 0 bridgehead atoms. The third kappa shape index (κ3) is 7.66. The smallest absolute Gasteiger partial charge is 0.261 e. The summed E-state index contributed by atoms with van der Waals surface area (Å²) in [6, 6.07) is 16.8. The number of aryl methyl sites for hydroxylation is 1. The van der Waals surface area contributed by atoms with E-state index in [1.165, 1.54) is 17.7 Å². The first-order valence-corrected chi connectivity index (χ1v) is 16.1. The van der Waals surface area contributed by atoms with Crippen molar-refractivity contribution >= 4 is 35.3 Å². The molecule has 2 atom stereocenters. The zero-order valence-electron chi connectivity index (χ0n) is 24.5. The molecule has 0 radical (unpaired) electrons. The number of nitrogens with zero attached hydrogens (tertiary/aromatic N) is 3. The number of piperazine rings is 1. The molecule has 1 aliphatic carbocycles. The fourth-order valence-electron chi connectivity index (χ4n) is 6.13. The Kier molecular flexibility index (Phi) is 10.3. The molecule has 220 valence electrons. The minimum absolute atomic E-state index is 0.00241. The largest absolute Gasteiger partial charge is 0.497 e. The van der Waals surface area contributed by atoms with Gasteiger partial charge in [-0.15, -0.1) is 11.8 Å². The highest BCUT2D eigenvalue weighted by Gasteiger charge is 2.41. The summed E-state index contributed by atoms with van der Waals surface area (Å²) in [6.07, 6.45) is 8.31. The number of amides is 2. The van der Waals surface area contributed by atoms with Crippen LogP contribution in [0.4, 0.5) is 5.69 Å². The summed E-state index contributed by atoms with van der Waals surface area (Å²) in [6.45, 7) is 7.90. The van der Waals surface area contributed by atoms with Gasteiger partial charge in [0.1, 0.15) is 12.3 Å². The number of nitrogens with one attached hydrogen (secondary N) is 1. The number of carbonyl (C=O) groups is 2. The van der Waals surface area contributed by atoms with Crippen LogP contribution >= 0.6 is 11.8 Å². The number of hydrogen-bond donors (Lipinski definition) is 1. The average molecular weight is 577 g/mol. The van der Waals surface area contributed by atoms with Crippen molar-refractivity contribution in [3.05, 3.63) is 64.6 Å². The Bertz CT molecular complexity index is 1190. The van der Waals surface area contributed by atoms with E-state index >= 15 is 0 Å². The standard InChI is InChI=1S/C33H44N4O3S/c1-3-25-9-11-26(12-10-25)23-31-33(39)37(29-7-4-5-8-30(29)41-31)24-32(38)34-17-6-18-35-19-21-36(22-20-35)27-13-15-28(40-2)16-14-27/h9-16,23,29-30H,3-8,17-22,24H2,1-2H3,(H,34,38)/b31-23-. The summed E-state index contributed by atoms with van der Waals surface area (Å²) in [5, 5.41) is 3.47. The van der Waals surface area contributed by atoms with Crippen molar-refractivity contribution in [3.63, 3.8) is 0 Å². The van der Waals surface area contributed by atoms with E-state index in [0.717, 1.165) is 81.0 Å². The Hall–Kier alpha value is -2.97. The van der Waals surface area contributed by atoms with Crippen LogP contribution in [0.2, 0.25) is 0 Å². The number of benzene rings is 2. The lowest BCUT2D eigenvalue weighted by Crippen LogP contribution is -2.54. The van der Waals surface area contributed by atoms with Crippen molar-refractivity contribution in [1.29, 1.82) is 0 Å². The van der Waals surface area contributed by atoms with Gasteiger partial charge in [-0.1, -0.05) is 44.0 Å². The quantitative estimate of drug-likeness (QED) is 0.324. The third-order valence-electron chi connectivity index (χ3n) is 8.60. The van der Waals surface area contributed by atoms with Crippen LogP contribution in [0.1, 0.15) is 50.2 Å². The second-order valence-corrected chi connectivity index (χ2v) is 12.6. The molecular weight excluding hydrogens is 532 g/mol. The molecule has 1 saturated carbocycles. The predicted molar refractivity (Wildman–Crippen MR) is 168 cm³/mol. The summed E-state index contributed by atoms with van der Waals surface area (Å²) in [5.41, 5.74) is 3.56. The lowest BCUT2D eigenvalue weighted by Gasteiger charge is -2.43. The second kappa shape index (κ2) is 14.3. The molecule has 3 fully saturated rings. The number of anilines is 1. The first kappa shape index (κ1) is 29.5. The van der Waals surface area contributed by atoms with E-state index in [0.29, 0.717) is 11.8 Å². The van der Waals surface area contributed by atoms with Gasteiger partial charge in [-0.3, -0.25) is 14.5 Å². The van der Waals surface area contributed by atoms with Gasteiger partial charge >= 0.3 is 0 Å². The SMILES string of the molecule is CCc1ccc(/C=C2\SC3CCCCC3N(CC(=O)NCCCN3CCN(c4ccc(OC)cc4)CC3)C2=O)cc1. The Labute approximate surface area is 249 Å². The molecule has 2 heterocycles. The van der Waals surface area contributed by atoms with Crippen LogP contribution < -0.4 is 15.0 Å². The minimum atomic E-state index is -0.0504. The van der Waals surface area contributed by atoms with Crippen molar-refractivity contribution < 1.29 is 14.3 Å². The molecule has 2 saturated heterocycles. The van der Waals surface area contributed by atoms with E-state index in [2.05, 4.69) is 58.4 Å². The molecule has 0 spiro atoms. The lowest BCUT2D eigenvalue weighted by atomic mass is 9.93. The third-order valence-corrected chi connectivity index (χ3v) is 10.00. The maximum absolute atomic E-state index is 13.6. The predicted octanol–water partition coefficient (Wildman–Crippen LogP) is 4.81.